The lowest BCUT2D eigenvalue weighted by Gasteiger charge is -2.28. The van der Waals surface area contributed by atoms with Crippen molar-refractivity contribution in [1.29, 1.82) is 0 Å². The molecule has 0 saturated carbocycles. The van der Waals surface area contributed by atoms with Crippen LogP contribution in [0.2, 0.25) is 5.02 Å². The van der Waals surface area contributed by atoms with Crippen LogP contribution in [-0.2, 0) is 37.2 Å². The number of hydrazine groups is 2. The molecule has 17 heteroatoms. The number of amides is 2. The summed E-state index contributed by atoms with van der Waals surface area (Å²) >= 11 is 6.40. The Morgan fingerprint density at radius 2 is 1.69 bits per heavy atom. The van der Waals surface area contributed by atoms with E-state index in [0.717, 1.165) is 23.7 Å². The lowest BCUT2D eigenvalue weighted by Crippen LogP contribution is -2.45. The molecule has 0 fully saturated rings. The van der Waals surface area contributed by atoms with Gasteiger partial charge in [-0.05, 0) is 102 Å². The summed E-state index contributed by atoms with van der Waals surface area (Å²) in [6.45, 7) is 10.2. The van der Waals surface area contributed by atoms with Gasteiger partial charge in [-0.2, -0.15) is 0 Å². The highest BCUT2D eigenvalue weighted by molar-refractivity contribution is 7.89. The molecule has 280 valence electrons. The normalized spacial score (nSPS) is 14.3. The van der Waals surface area contributed by atoms with E-state index in [4.69, 9.17) is 25.9 Å². The molecule has 3 aromatic carbocycles. The minimum Gasteiger partial charge on any atom is -0.569 e. The molecule has 0 bridgehead atoms. The molecule has 0 radical (unpaired) electrons. The lowest BCUT2D eigenvalue weighted by atomic mass is 10.1. The Morgan fingerprint density at radius 3 is 2.35 bits per heavy atom. The van der Waals surface area contributed by atoms with Crippen LogP contribution in [0, 0.1) is 5.21 Å². The molecule has 52 heavy (non-hydrogen) atoms. The van der Waals surface area contributed by atoms with Gasteiger partial charge in [-0.25, -0.2) is 22.3 Å². The van der Waals surface area contributed by atoms with Gasteiger partial charge in [-0.1, -0.05) is 41.9 Å². The van der Waals surface area contributed by atoms with E-state index >= 15 is 0 Å². The summed E-state index contributed by atoms with van der Waals surface area (Å²) in [5.41, 5.74) is 4.48. The quantitative estimate of drug-likeness (QED) is 0.0520. The molecule has 1 aliphatic heterocycles. The van der Waals surface area contributed by atoms with Gasteiger partial charge in [0.1, 0.15) is 10.5 Å². The lowest BCUT2D eigenvalue weighted by molar-refractivity contribution is -0.710. The molecule has 4 rings (SSSR count). The second-order valence-corrected chi connectivity index (χ2v) is 15.0. The Kier molecular flexibility index (Phi) is 12.9. The maximum Gasteiger partial charge on any atom is 0.424 e. The van der Waals surface area contributed by atoms with E-state index in [1.165, 1.54) is 29.3 Å². The number of carbonyl (C=O) groups excluding carboxylic acids is 3. The van der Waals surface area contributed by atoms with Crippen LogP contribution in [0.1, 0.15) is 73.4 Å². The van der Waals surface area contributed by atoms with Crippen molar-refractivity contribution >= 4 is 45.3 Å². The highest BCUT2D eigenvalue weighted by atomic mass is 35.5. The number of nitrogens with one attached hydrogen (secondary N) is 1. The zero-order chi connectivity index (χ0) is 38.2. The molecule has 1 unspecified atom stereocenters. The van der Waals surface area contributed by atoms with E-state index in [-0.39, 0.29) is 40.1 Å². The zero-order valence-electron chi connectivity index (χ0n) is 29.9. The van der Waals surface area contributed by atoms with Crippen LogP contribution < -0.4 is 10.4 Å². The first-order valence-corrected chi connectivity index (χ1v) is 18.4. The number of nitrogens with zero attached hydrogens (tertiary/aromatic N) is 5. The van der Waals surface area contributed by atoms with E-state index in [1.807, 2.05) is 31.2 Å². The average Bonchev–Trinajstić information content (AvgIpc) is 3.40. The predicted octanol–water partition coefficient (Wildman–Crippen LogP) is 5.87. The van der Waals surface area contributed by atoms with Crippen molar-refractivity contribution < 1.29 is 42.1 Å². The number of hydrogen-bond donors (Lipinski definition) is 1. The summed E-state index contributed by atoms with van der Waals surface area (Å²) < 4.78 is 39.3. The third-order valence-electron chi connectivity index (χ3n) is 7.92. The number of anilines is 1. The Labute approximate surface area is 308 Å². The summed E-state index contributed by atoms with van der Waals surface area (Å²) in [5, 5.41) is 18.0. The standard InChI is InChI=1S/C35H43ClN6O9S/c1-7-39(8-2)42(46)38-50-23-49-33(44)26-15-13-25(14-16-26)19-20-40(34(45)51-35(4,5)6)52(47,48)31-22-28(17-18-29(31)36)32(43)37-41-24(3)21-27-11-9-10-12-30(27)41/h9-18,22,24H,7-8,19-21,23H2,1-6H3,(H,37,43). The fourth-order valence-electron chi connectivity index (χ4n) is 5.28. The van der Waals surface area contributed by atoms with E-state index < -0.39 is 45.3 Å². The summed E-state index contributed by atoms with van der Waals surface area (Å²) in [6, 6.07) is 17.5. The first-order valence-electron chi connectivity index (χ1n) is 16.6. The first-order chi connectivity index (χ1) is 24.5. The molecule has 15 nitrogen and oxygen atoms in total. The molecule has 1 heterocycles. The number of fused-ring (bicyclic) bond motifs is 1. The Morgan fingerprint density at radius 1 is 1.04 bits per heavy atom. The van der Waals surface area contributed by atoms with E-state index in [9.17, 15) is 28.0 Å². The van der Waals surface area contributed by atoms with Crippen LogP contribution in [0.3, 0.4) is 0 Å². The van der Waals surface area contributed by atoms with E-state index in [0.29, 0.717) is 23.0 Å². The van der Waals surface area contributed by atoms with E-state index in [2.05, 4.69) is 10.7 Å². The summed E-state index contributed by atoms with van der Waals surface area (Å²) in [7, 11) is -4.66. The SMILES string of the molecule is CCN(CC)[N+]([O-])=NOCOC(=O)c1ccc(CCN(C(=O)OC(C)(C)C)S(=O)(=O)c2cc(C(=O)NN3c4ccccc4CC3C)ccc2Cl)cc1. The van der Waals surface area contributed by atoms with Gasteiger partial charge >= 0.3 is 12.1 Å². The van der Waals surface area contributed by atoms with Crippen molar-refractivity contribution in [1.82, 2.24) is 14.7 Å². The molecule has 1 aliphatic rings. The van der Waals surface area contributed by atoms with Crippen molar-refractivity contribution in [3.8, 4) is 0 Å². The number of carbonyl (C=O) groups is 3. The van der Waals surface area contributed by atoms with Gasteiger partial charge in [0.2, 0.25) is 5.28 Å². The maximum atomic E-state index is 14.1. The summed E-state index contributed by atoms with van der Waals surface area (Å²) in [6.07, 6.45) is -0.381. The van der Waals surface area contributed by atoms with Crippen LogP contribution in [0.15, 0.2) is 76.9 Å². The molecule has 0 aromatic heterocycles. The number of benzene rings is 3. The van der Waals surface area contributed by atoms with Crippen molar-refractivity contribution in [2.24, 2.45) is 5.28 Å². The van der Waals surface area contributed by atoms with Crippen molar-refractivity contribution in [3.05, 3.63) is 99.2 Å². The van der Waals surface area contributed by atoms with Crippen LogP contribution in [0.25, 0.3) is 0 Å². The second-order valence-electron chi connectivity index (χ2n) is 12.8. The number of hydrogen-bond acceptors (Lipinski definition) is 11. The molecule has 1 atom stereocenters. The first kappa shape index (κ1) is 39.7. The van der Waals surface area contributed by atoms with Gasteiger partial charge in [-0.3, -0.25) is 15.2 Å². The number of ether oxygens (including phenoxy) is 2. The van der Waals surface area contributed by atoms with Crippen molar-refractivity contribution in [2.75, 3.05) is 31.4 Å². The average molecular weight is 759 g/mol. The number of para-hydroxylation sites is 1. The number of sulfonamides is 1. The van der Waals surface area contributed by atoms with Crippen molar-refractivity contribution in [2.45, 2.75) is 70.9 Å². The highest BCUT2D eigenvalue weighted by Gasteiger charge is 2.35. The van der Waals surface area contributed by atoms with Gasteiger partial charge < -0.3 is 19.5 Å². The minimum absolute atomic E-state index is 0.0134. The molecule has 0 saturated heterocycles. The Hall–Kier alpha value is -5.09. The number of rotatable bonds is 14. The molecule has 1 N–H and O–H groups in total. The Balaban J connectivity index is 1.49. The second kappa shape index (κ2) is 17.0. The molecule has 2 amide bonds. The van der Waals surface area contributed by atoms with E-state index in [1.54, 1.807) is 51.8 Å². The molecular weight excluding hydrogens is 716 g/mol. The van der Waals surface area contributed by atoms with Gasteiger partial charge in [0.15, 0.2) is 0 Å². The fraction of sp³-hybridized carbons (Fsp3) is 0.400. The number of halogens is 1. The topological polar surface area (TPSA) is 173 Å². The Bertz CT molecular complexity index is 1900. The van der Waals surface area contributed by atoms with Gasteiger partial charge in [0, 0.05) is 12.1 Å². The molecule has 3 aromatic rings. The monoisotopic (exact) mass is 758 g/mol. The van der Waals surface area contributed by atoms with Crippen LogP contribution in [0.4, 0.5) is 10.5 Å². The van der Waals surface area contributed by atoms with Crippen LogP contribution in [0.5, 0.6) is 0 Å². The smallest absolute Gasteiger partial charge is 0.424 e. The molecule has 0 spiro atoms. The summed E-state index contributed by atoms with van der Waals surface area (Å²) in [4.78, 5) is 43.8. The van der Waals surface area contributed by atoms with Crippen LogP contribution in [-0.4, -0.2) is 78.7 Å². The van der Waals surface area contributed by atoms with Gasteiger partial charge in [0.05, 0.1) is 40.4 Å². The van der Waals surface area contributed by atoms with Gasteiger partial charge in [0.25, 0.3) is 22.7 Å². The third-order valence-corrected chi connectivity index (χ3v) is 10.2. The third kappa shape index (κ3) is 9.82. The van der Waals surface area contributed by atoms with Crippen LogP contribution >= 0.6 is 11.6 Å². The number of esters is 1. The zero-order valence-corrected chi connectivity index (χ0v) is 31.4. The molecular formula is C35H43ClN6O9S. The van der Waals surface area contributed by atoms with Gasteiger partial charge in [-0.15, -0.1) is 5.01 Å². The largest absolute Gasteiger partial charge is 0.569 e. The maximum absolute atomic E-state index is 14.1. The fourth-order valence-corrected chi connectivity index (χ4v) is 7.09. The highest BCUT2D eigenvalue weighted by Crippen LogP contribution is 2.31. The minimum atomic E-state index is -4.66. The van der Waals surface area contributed by atoms with Crippen molar-refractivity contribution in [3.63, 3.8) is 0 Å². The summed E-state index contributed by atoms with van der Waals surface area (Å²) in [5.74, 6) is -1.31. The molecule has 0 aliphatic carbocycles. The predicted molar refractivity (Wildman–Crippen MR) is 192 cm³/mol.